The molecule has 2 aromatic rings. The topological polar surface area (TPSA) is 0 Å². The van der Waals surface area contributed by atoms with Crippen molar-refractivity contribution in [1.29, 1.82) is 0 Å². The molecule has 7 rings (SSSR count). The summed E-state index contributed by atoms with van der Waals surface area (Å²) in [5.74, 6) is 0. The first-order valence-corrected chi connectivity index (χ1v) is 14.0. The van der Waals surface area contributed by atoms with E-state index in [1.807, 2.05) is 0 Å². The Hall–Kier alpha value is -4.42. The predicted octanol–water partition coefficient (Wildman–Crippen LogP) is 9.88. The zero-order valence-electron chi connectivity index (χ0n) is 22.5. The highest BCUT2D eigenvalue weighted by Gasteiger charge is 2.54. The molecule has 0 aromatic heterocycles. The van der Waals surface area contributed by atoms with Gasteiger partial charge in [0.2, 0.25) is 0 Å². The van der Waals surface area contributed by atoms with Crippen molar-refractivity contribution in [2.45, 2.75) is 31.6 Å². The molecule has 0 fully saturated rings. The van der Waals surface area contributed by atoms with Crippen molar-refractivity contribution in [3.63, 3.8) is 0 Å². The standard InChI is InChI=1S/C39H32/c1-27-21-23-33-31-17-9-4-3-6-13-28(2)25-38(31)39(37(33)24-22-27)35-19-11-10-18-32(35)34-26-30(16-12-20-36(34)39)29-14-7-5-8-15-29/h3-8,10-19,21-22,24-26H,2,9,20,23H2,1H3/b4-3-,13-6-,31-17-,38-25+. The van der Waals surface area contributed by atoms with Gasteiger partial charge in [-0.05, 0) is 93.5 Å². The fourth-order valence-corrected chi connectivity index (χ4v) is 6.98. The zero-order valence-corrected chi connectivity index (χ0v) is 22.5. The Morgan fingerprint density at radius 1 is 0.769 bits per heavy atom. The van der Waals surface area contributed by atoms with Crippen LogP contribution in [0.4, 0.5) is 0 Å². The van der Waals surface area contributed by atoms with Gasteiger partial charge >= 0.3 is 0 Å². The highest BCUT2D eigenvalue weighted by molar-refractivity contribution is 5.99. The van der Waals surface area contributed by atoms with Gasteiger partial charge in [0.1, 0.15) is 0 Å². The van der Waals surface area contributed by atoms with Crippen LogP contribution in [0.3, 0.4) is 0 Å². The van der Waals surface area contributed by atoms with Crippen molar-refractivity contribution in [2.24, 2.45) is 0 Å². The minimum atomic E-state index is -0.339. The Morgan fingerprint density at radius 2 is 1.62 bits per heavy atom. The van der Waals surface area contributed by atoms with Gasteiger partial charge in [0, 0.05) is 0 Å². The molecule has 5 aliphatic rings. The van der Waals surface area contributed by atoms with Crippen LogP contribution in [-0.2, 0) is 5.41 Å². The Morgan fingerprint density at radius 3 is 2.51 bits per heavy atom. The summed E-state index contributed by atoms with van der Waals surface area (Å²) in [5.41, 5.74) is 15.7. The average Bonchev–Trinajstić information content (AvgIpc) is 3.14. The first-order chi connectivity index (χ1) is 19.2. The summed E-state index contributed by atoms with van der Waals surface area (Å²) in [6, 6.07) is 19.9. The summed E-state index contributed by atoms with van der Waals surface area (Å²) in [4.78, 5) is 0. The molecule has 0 N–H and O–H groups in total. The molecule has 0 aliphatic heterocycles. The molecule has 0 amide bonds. The van der Waals surface area contributed by atoms with Crippen molar-refractivity contribution < 1.29 is 0 Å². The molecule has 1 atom stereocenters. The Balaban J connectivity index is 1.58. The fraction of sp³-hybridized carbons (Fsp3) is 0.128. The molecule has 2 aromatic carbocycles. The molecule has 0 saturated heterocycles. The fourth-order valence-electron chi connectivity index (χ4n) is 6.98. The third kappa shape index (κ3) is 3.67. The smallest absolute Gasteiger partial charge is 0.0688 e. The van der Waals surface area contributed by atoms with E-state index in [1.54, 1.807) is 0 Å². The monoisotopic (exact) mass is 500 g/mol. The number of benzene rings is 2. The van der Waals surface area contributed by atoms with Crippen molar-refractivity contribution in [1.82, 2.24) is 0 Å². The van der Waals surface area contributed by atoms with Gasteiger partial charge < -0.3 is 0 Å². The van der Waals surface area contributed by atoms with E-state index >= 15 is 0 Å². The molecule has 1 spiro atoms. The van der Waals surface area contributed by atoms with Gasteiger partial charge in [-0.1, -0.05) is 134 Å². The molecule has 0 nitrogen and oxygen atoms in total. The molecule has 1 unspecified atom stereocenters. The second kappa shape index (κ2) is 9.40. The third-order valence-corrected chi connectivity index (χ3v) is 8.66. The lowest BCUT2D eigenvalue weighted by atomic mass is 9.67. The van der Waals surface area contributed by atoms with Gasteiger partial charge in [-0.25, -0.2) is 0 Å². The normalized spacial score (nSPS) is 27.7. The van der Waals surface area contributed by atoms with E-state index in [0.717, 1.165) is 24.8 Å². The van der Waals surface area contributed by atoms with E-state index in [0.29, 0.717) is 0 Å². The van der Waals surface area contributed by atoms with E-state index in [4.69, 9.17) is 0 Å². The molecule has 0 radical (unpaired) electrons. The van der Waals surface area contributed by atoms with Crippen LogP contribution in [0.5, 0.6) is 0 Å². The number of hydrogen-bond donors (Lipinski definition) is 0. The Bertz CT molecular complexity index is 1710. The van der Waals surface area contributed by atoms with Crippen LogP contribution in [0.15, 0.2) is 173 Å². The number of rotatable bonds is 1. The lowest BCUT2D eigenvalue weighted by molar-refractivity contribution is 0.736. The lowest BCUT2D eigenvalue weighted by Gasteiger charge is -2.34. The molecule has 0 saturated carbocycles. The second-order valence-electron chi connectivity index (χ2n) is 10.9. The van der Waals surface area contributed by atoms with Gasteiger partial charge in [-0.3, -0.25) is 0 Å². The summed E-state index contributed by atoms with van der Waals surface area (Å²) in [6.07, 6.45) is 30.4. The summed E-state index contributed by atoms with van der Waals surface area (Å²) in [7, 11) is 0. The molecule has 188 valence electrons. The van der Waals surface area contributed by atoms with Crippen LogP contribution in [-0.4, -0.2) is 0 Å². The highest BCUT2D eigenvalue weighted by Crippen LogP contribution is 2.64. The van der Waals surface area contributed by atoms with Crippen LogP contribution < -0.4 is 0 Å². The first-order valence-electron chi connectivity index (χ1n) is 14.0. The minimum Gasteiger partial charge on any atom is -0.0918 e. The van der Waals surface area contributed by atoms with E-state index in [1.165, 1.54) is 61.3 Å². The summed E-state index contributed by atoms with van der Waals surface area (Å²) in [5, 5.41) is 0. The van der Waals surface area contributed by atoms with Gasteiger partial charge in [-0.15, -0.1) is 0 Å². The summed E-state index contributed by atoms with van der Waals surface area (Å²) in [6.45, 7) is 6.68. The SMILES string of the molecule is C=C1/C=C\C=C/C/C=C2/C3=C(C=CC(C)=CC3)C3(C4=C(C=C(c5ccccc5)C=CC4)c4ccccc43)/C2=C/1. The highest BCUT2D eigenvalue weighted by atomic mass is 14.6. The number of allylic oxidation sites excluding steroid dienone is 21. The van der Waals surface area contributed by atoms with Gasteiger partial charge in [0.25, 0.3) is 0 Å². The maximum Gasteiger partial charge on any atom is 0.0688 e. The molecule has 39 heavy (non-hydrogen) atoms. The molecule has 0 heteroatoms. The van der Waals surface area contributed by atoms with Crippen LogP contribution in [0.25, 0.3) is 11.1 Å². The van der Waals surface area contributed by atoms with E-state index in [9.17, 15) is 0 Å². The van der Waals surface area contributed by atoms with E-state index in [2.05, 4.69) is 141 Å². The quantitative estimate of drug-likeness (QED) is 0.365. The summed E-state index contributed by atoms with van der Waals surface area (Å²) < 4.78 is 0. The molecular weight excluding hydrogens is 468 g/mol. The zero-order chi connectivity index (χ0) is 26.4. The van der Waals surface area contributed by atoms with E-state index in [-0.39, 0.29) is 5.41 Å². The number of fused-ring (bicyclic) bond motifs is 8. The molecule has 0 bridgehead atoms. The van der Waals surface area contributed by atoms with Crippen molar-refractivity contribution >= 4 is 11.1 Å². The maximum atomic E-state index is 4.47. The third-order valence-electron chi connectivity index (χ3n) is 8.66. The van der Waals surface area contributed by atoms with Crippen molar-refractivity contribution in [3.8, 4) is 0 Å². The largest absolute Gasteiger partial charge is 0.0918 e. The van der Waals surface area contributed by atoms with Crippen molar-refractivity contribution in [2.75, 3.05) is 0 Å². The minimum absolute atomic E-state index is 0.339. The van der Waals surface area contributed by atoms with Crippen LogP contribution in [0.2, 0.25) is 0 Å². The lowest BCUT2D eigenvalue weighted by Crippen LogP contribution is -2.28. The van der Waals surface area contributed by atoms with E-state index < -0.39 is 0 Å². The Labute approximate surface area is 232 Å². The van der Waals surface area contributed by atoms with Crippen LogP contribution in [0.1, 0.15) is 42.9 Å². The molecule has 0 heterocycles. The predicted molar refractivity (Wildman–Crippen MR) is 166 cm³/mol. The Kier molecular flexibility index (Phi) is 5.71. The van der Waals surface area contributed by atoms with Gasteiger partial charge in [0.15, 0.2) is 0 Å². The number of hydrogen-bond acceptors (Lipinski definition) is 0. The van der Waals surface area contributed by atoms with Gasteiger partial charge in [-0.2, -0.15) is 0 Å². The summed E-state index contributed by atoms with van der Waals surface area (Å²) >= 11 is 0. The molecular formula is C39H32. The second-order valence-corrected chi connectivity index (χ2v) is 10.9. The first kappa shape index (κ1) is 23.7. The molecule has 5 aliphatic carbocycles. The average molecular weight is 501 g/mol. The van der Waals surface area contributed by atoms with Crippen LogP contribution in [0, 0.1) is 0 Å². The van der Waals surface area contributed by atoms with Crippen molar-refractivity contribution in [3.05, 3.63) is 190 Å². The van der Waals surface area contributed by atoms with Gasteiger partial charge in [0.05, 0.1) is 5.41 Å². The van der Waals surface area contributed by atoms with Crippen LogP contribution >= 0.6 is 0 Å². The maximum absolute atomic E-state index is 4.47.